The number of nitrogens with two attached hydrogens (primary N) is 1. The Morgan fingerprint density at radius 2 is 1.62 bits per heavy atom. The van der Waals surface area contributed by atoms with E-state index in [0.29, 0.717) is 51.4 Å². The van der Waals surface area contributed by atoms with E-state index in [0.717, 1.165) is 49.6 Å². The average molecular weight is 467 g/mol. The predicted octanol–water partition coefficient (Wildman–Crippen LogP) is 1.38. The fourth-order valence-electron chi connectivity index (χ4n) is 4.40. The van der Waals surface area contributed by atoms with Crippen LogP contribution in [0, 0.1) is 0 Å². The molecule has 8 nitrogen and oxygen atoms in total. The van der Waals surface area contributed by atoms with E-state index >= 15 is 0 Å². The molecule has 182 valence electrons. The lowest BCUT2D eigenvalue weighted by Gasteiger charge is -2.36. The zero-order valence-corrected chi connectivity index (χ0v) is 19.7. The molecule has 2 N–H and O–H groups in total. The van der Waals surface area contributed by atoms with E-state index in [2.05, 4.69) is 9.80 Å². The molecule has 2 saturated heterocycles. The zero-order chi connectivity index (χ0) is 23.8. The van der Waals surface area contributed by atoms with Crippen LogP contribution in [-0.4, -0.2) is 92.1 Å². The van der Waals surface area contributed by atoms with Gasteiger partial charge in [-0.3, -0.25) is 14.5 Å². The van der Waals surface area contributed by atoms with Crippen LogP contribution < -0.4 is 10.5 Å². The molecular weight excluding hydrogens is 432 g/mol. The van der Waals surface area contributed by atoms with Gasteiger partial charge in [-0.15, -0.1) is 0 Å². The van der Waals surface area contributed by atoms with Gasteiger partial charge >= 0.3 is 0 Å². The summed E-state index contributed by atoms with van der Waals surface area (Å²) in [5, 5.41) is 0. The molecule has 2 aromatic rings. The van der Waals surface area contributed by atoms with Crippen molar-refractivity contribution in [2.75, 3.05) is 65.6 Å². The number of ether oxygens (including phenoxy) is 2. The molecule has 2 fully saturated rings. The first-order valence-electron chi connectivity index (χ1n) is 12.0. The highest BCUT2D eigenvalue weighted by Gasteiger charge is 2.23. The summed E-state index contributed by atoms with van der Waals surface area (Å²) in [7, 11) is 0. The van der Waals surface area contributed by atoms with Crippen LogP contribution in [0.2, 0.25) is 0 Å². The van der Waals surface area contributed by atoms with Crippen LogP contribution in [0.5, 0.6) is 5.75 Å². The summed E-state index contributed by atoms with van der Waals surface area (Å²) in [5.41, 5.74) is 8.16. The maximum atomic E-state index is 12.5. The summed E-state index contributed by atoms with van der Waals surface area (Å²) in [5.74, 6) is 0.501. The molecule has 8 heteroatoms. The number of nitrogens with zero attached hydrogens (tertiary/aromatic N) is 3. The first-order valence-corrected chi connectivity index (χ1v) is 12.0. The van der Waals surface area contributed by atoms with E-state index in [1.807, 2.05) is 41.3 Å². The van der Waals surface area contributed by atoms with E-state index in [-0.39, 0.29) is 5.91 Å². The standard InChI is InChI=1S/C26H34N4O4/c27-26(32)24-7-6-23(34-20-21-4-2-1-3-5-21)18-22(24)8-9-28-10-12-29(13-11-28)19-25(31)30-14-16-33-17-15-30/h1-7,18H,8-17,19-20H2,(H2,27,32). The average Bonchev–Trinajstić information content (AvgIpc) is 2.88. The van der Waals surface area contributed by atoms with Crippen molar-refractivity contribution in [3.8, 4) is 5.75 Å². The van der Waals surface area contributed by atoms with Gasteiger partial charge in [-0.2, -0.15) is 0 Å². The Balaban J connectivity index is 1.27. The van der Waals surface area contributed by atoms with Gasteiger partial charge in [0.1, 0.15) is 12.4 Å². The van der Waals surface area contributed by atoms with Gasteiger partial charge in [0.15, 0.2) is 0 Å². The molecule has 0 unspecified atom stereocenters. The lowest BCUT2D eigenvalue weighted by molar-refractivity contribution is -0.136. The number of primary amides is 1. The predicted molar refractivity (Wildman–Crippen MR) is 130 cm³/mol. The Morgan fingerprint density at radius 3 is 2.32 bits per heavy atom. The second-order valence-electron chi connectivity index (χ2n) is 8.82. The molecule has 2 aliphatic rings. The fraction of sp³-hybridized carbons (Fsp3) is 0.462. The highest BCUT2D eigenvalue weighted by atomic mass is 16.5. The summed E-state index contributed by atoms with van der Waals surface area (Å²) >= 11 is 0. The maximum Gasteiger partial charge on any atom is 0.248 e. The topological polar surface area (TPSA) is 88.3 Å². The van der Waals surface area contributed by atoms with E-state index < -0.39 is 5.91 Å². The molecule has 0 atom stereocenters. The van der Waals surface area contributed by atoms with Crippen molar-refractivity contribution in [3.05, 3.63) is 65.2 Å². The van der Waals surface area contributed by atoms with Crippen LogP contribution in [-0.2, 0) is 22.6 Å². The minimum Gasteiger partial charge on any atom is -0.489 e. The van der Waals surface area contributed by atoms with Gasteiger partial charge in [-0.1, -0.05) is 30.3 Å². The van der Waals surface area contributed by atoms with Gasteiger partial charge in [0, 0.05) is 51.4 Å². The number of piperazine rings is 1. The van der Waals surface area contributed by atoms with Crippen LogP contribution in [0.1, 0.15) is 21.5 Å². The van der Waals surface area contributed by atoms with Crippen LogP contribution >= 0.6 is 0 Å². The SMILES string of the molecule is NC(=O)c1ccc(OCc2ccccc2)cc1CCN1CCN(CC(=O)N2CCOCC2)CC1. The molecule has 2 aliphatic heterocycles. The second kappa shape index (κ2) is 12.0. The van der Waals surface area contributed by atoms with Crippen LogP contribution in [0.25, 0.3) is 0 Å². The van der Waals surface area contributed by atoms with Crippen LogP contribution in [0.3, 0.4) is 0 Å². The minimum atomic E-state index is -0.420. The van der Waals surface area contributed by atoms with Crippen molar-refractivity contribution in [1.82, 2.24) is 14.7 Å². The number of benzene rings is 2. The van der Waals surface area contributed by atoms with Gasteiger partial charge in [0.25, 0.3) is 0 Å². The van der Waals surface area contributed by atoms with Crippen molar-refractivity contribution in [2.45, 2.75) is 13.0 Å². The van der Waals surface area contributed by atoms with Crippen molar-refractivity contribution in [1.29, 1.82) is 0 Å². The summed E-state index contributed by atoms with van der Waals surface area (Å²) in [4.78, 5) is 30.9. The lowest BCUT2D eigenvalue weighted by Crippen LogP contribution is -2.51. The fourth-order valence-corrected chi connectivity index (χ4v) is 4.40. The number of amides is 2. The molecule has 2 heterocycles. The highest BCUT2D eigenvalue weighted by molar-refractivity contribution is 5.94. The van der Waals surface area contributed by atoms with E-state index in [4.69, 9.17) is 15.2 Å². The zero-order valence-electron chi connectivity index (χ0n) is 19.7. The molecule has 0 spiro atoms. The number of hydrogen-bond donors (Lipinski definition) is 1. The Kier molecular flexibility index (Phi) is 8.51. The van der Waals surface area contributed by atoms with Crippen LogP contribution in [0.15, 0.2) is 48.5 Å². The van der Waals surface area contributed by atoms with Gasteiger partial charge in [0.05, 0.1) is 19.8 Å². The number of hydrogen-bond acceptors (Lipinski definition) is 6. The largest absolute Gasteiger partial charge is 0.489 e. The van der Waals surface area contributed by atoms with Crippen molar-refractivity contribution in [2.24, 2.45) is 5.73 Å². The Bertz CT molecular complexity index is 955. The molecule has 34 heavy (non-hydrogen) atoms. The first kappa shape index (κ1) is 24.2. The molecule has 0 aliphatic carbocycles. The molecule has 2 aromatic carbocycles. The third-order valence-corrected chi connectivity index (χ3v) is 6.48. The van der Waals surface area contributed by atoms with Crippen molar-refractivity contribution >= 4 is 11.8 Å². The van der Waals surface area contributed by atoms with Crippen LogP contribution in [0.4, 0.5) is 0 Å². The molecule has 0 aromatic heterocycles. The first-order chi connectivity index (χ1) is 16.6. The Hall–Kier alpha value is -2.94. The third kappa shape index (κ3) is 6.79. The Labute approximate surface area is 201 Å². The maximum absolute atomic E-state index is 12.5. The van der Waals surface area contributed by atoms with Gasteiger partial charge in [-0.25, -0.2) is 0 Å². The summed E-state index contributed by atoms with van der Waals surface area (Å²) in [6.45, 7) is 7.92. The smallest absolute Gasteiger partial charge is 0.248 e. The third-order valence-electron chi connectivity index (χ3n) is 6.48. The van der Waals surface area contributed by atoms with Gasteiger partial charge < -0.3 is 25.0 Å². The van der Waals surface area contributed by atoms with E-state index in [1.165, 1.54) is 0 Å². The molecule has 0 saturated carbocycles. The summed E-state index contributed by atoms with van der Waals surface area (Å²) < 4.78 is 11.3. The van der Waals surface area contributed by atoms with Crippen molar-refractivity contribution in [3.63, 3.8) is 0 Å². The monoisotopic (exact) mass is 466 g/mol. The summed E-state index contributed by atoms with van der Waals surface area (Å²) in [6, 6.07) is 15.5. The Morgan fingerprint density at radius 1 is 0.912 bits per heavy atom. The van der Waals surface area contributed by atoms with Gasteiger partial charge in [0.2, 0.25) is 11.8 Å². The molecular formula is C26H34N4O4. The van der Waals surface area contributed by atoms with Crippen molar-refractivity contribution < 1.29 is 19.1 Å². The molecule has 0 bridgehead atoms. The van der Waals surface area contributed by atoms with E-state index in [1.54, 1.807) is 12.1 Å². The quantitative estimate of drug-likeness (QED) is 0.601. The second-order valence-corrected chi connectivity index (χ2v) is 8.82. The molecule has 4 rings (SSSR count). The number of morpholine rings is 1. The normalized spacial score (nSPS) is 17.5. The minimum absolute atomic E-state index is 0.190. The van der Waals surface area contributed by atoms with Gasteiger partial charge in [-0.05, 0) is 35.7 Å². The number of carbonyl (C=O) groups is 2. The number of carbonyl (C=O) groups excluding carboxylic acids is 2. The number of rotatable bonds is 9. The highest BCUT2D eigenvalue weighted by Crippen LogP contribution is 2.20. The van der Waals surface area contributed by atoms with E-state index in [9.17, 15) is 9.59 Å². The lowest BCUT2D eigenvalue weighted by atomic mass is 10.0. The molecule has 0 radical (unpaired) electrons. The molecule has 2 amide bonds. The summed E-state index contributed by atoms with van der Waals surface area (Å²) in [6.07, 6.45) is 0.716.